The van der Waals surface area contributed by atoms with Crippen molar-refractivity contribution in [2.24, 2.45) is 0 Å². The molecule has 0 bridgehead atoms. The lowest BCUT2D eigenvalue weighted by molar-refractivity contribution is 0.0936. The maximum atomic E-state index is 12.5. The molecule has 2 aromatic heterocycles. The minimum atomic E-state index is -0.449. The van der Waals surface area contributed by atoms with Crippen molar-refractivity contribution in [3.63, 3.8) is 0 Å². The van der Waals surface area contributed by atoms with Crippen LogP contribution in [0.5, 0.6) is 0 Å². The van der Waals surface area contributed by atoms with Gasteiger partial charge in [0.05, 0.1) is 5.56 Å². The van der Waals surface area contributed by atoms with E-state index in [0.29, 0.717) is 5.56 Å². The number of carbonyl (C=O) groups is 2. The molecule has 2 aromatic rings. The first-order valence-electron chi connectivity index (χ1n) is 6.84. The third-order valence-electron chi connectivity index (χ3n) is 3.38. The molecular weight excluding hydrogens is 320 g/mol. The topological polar surface area (TPSA) is 75.2 Å². The Hall–Kier alpha value is -1.93. The van der Waals surface area contributed by atoms with Crippen molar-refractivity contribution in [1.29, 1.82) is 0 Å². The quantitative estimate of drug-likeness (QED) is 0.733. The maximum Gasteiger partial charge on any atom is 0.333 e. The number of nitrogens with one attached hydrogen (secondary N) is 3. The fourth-order valence-corrected chi connectivity index (χ4v) is 4.79. The summed E-state index contributed by atoms with van der Waals surface area (Å²) < 4.78 is 1.95. The second kappa shape index (κ2) is 6.45. The van der Waals surface area contributed by atoms with Gasteiger partial charge in [0.15, 0.2) is 0 Å². The smallest absolute Gasteiger partial charge is 0.333 e. The Morgan fingerprint density at radius 3 is 2.73 bits per heavy atom. The van der Waals surface area contributed by atoms with Crippen LogP contribution in [0.1, 0.15) is 20.8 Å². The van der Waals surface area contributed by atoms with Crippen molar-refractivity contribution in [2.75, 3.05) is 12.8 Å². The van der Waals surface area contributed by atoms with E-state index in [4.69, 9.17) is 0 Å². The van der Waals surface area contributed by atoms with Gasteiger partial charge in [-0.2, -0.15) is 11.8 Å². The molecule has 0 aromatic carbocycles. The molecule has 3 amide bonds. The van der Waals surface area contributed by atoms with Crippen molar-refractivity contribution in [2.45, 2.75) is 12.2 Å². The van der Waals surface area contributed by atoms with Gasteiger partial charge in [-0.25, -0.2) is 10.2 Å². The zero-order valence-corrected chi connectivity index (χ0v) is 13.6. The number of aromatic nitrogens is 1. The van der Waals surface area contributed by atoms with Crippen molar-refractivity contribution in [1.82, 2.24) is 20.7 Å². The van der Waals surface area contributed by atoms with Gasteiger partial charge in [0.2, 0.25) is 0 Å². The minimum absolute atomic E-state index is 0.281. The van der Waals surface area contributed by atoms with Crippen LogP contribution < -0.4 is 16.2 Å². The lowest BCUT2D eigenvalue weighted by Crippen LogP contribution is -2.46. The molecule has 8 heteroatoms. The molecule has 0 atom stereocenters. The largest absolute Gasteiger partial charge is 0.340 e. The van der Waals surface area contributed by atoms with Crippen LogP contribution in [0.2, 0.25) is 0 Å². The summed E-state index contributed by atoms with van der Waals surface area (Å²) in [4.78, 5) is 25.0. The van der Waals surface area contributed by atoms with Crippen LogP contribution in [-0.4, -0.2) is 29.3 Å². The molecule has 6 nitrogen and oxygen atoms in total. The monoisotopic (exact) mass is 336 g/mol. The minimum Gasteiger partial charge on any atom is -0.340 e. The van der Waals surface area contributed by atoms with Gasteiger partial charge in [-0.05, 0) is 29.9 Å². The molecular formula is C14H16N4O2S2. The molecule has 0 saturated heterocycles. The summed E-state index contributed by atoms with van der Waals surface area (Å²) in [6.45, 7) is 0. The zero-order chi connectivity index (χ0) is 15.5. The van der Waals surface area contributed by atoms with Gasteiger partial charge >= 0.3 is 6.03 Å². The number of hydrogen-bond donors (Lipinski definition) is 3. The van der Waals surface area contributed by atoms with E-state index in [1.165, 1.54) is 11.9 Å². The molecule has 1 aliphatic heterocycles. The highest BCUT2D eigenvalue weighted by Gasteiger charge is 2.26. The number of amides is 3. The molecule has 22 heavy (non-hydrogen) atoms. The first-order chi connectivity index (χ1) is 10.7. The van der Waals surface area contributed by atoms with E-state index < -0.39 is 6.03 Å². The van der Waals surface area contributed by atoms with Crippen LogP contribution in [0.25, 0.3) is 5.00 Å². The predicted octanol–water partition coefficient (Wildman–Crippen LogP) is 1.90. The standard InChI is InChI=1S/C14H16N4O2S2/c1-15-14(20)17-16-12(19)11-9-4-7-21-8-10(9)22-13(11)18-5-2-3-6-18/h2-3,5-6H,4,7-8H2,1H3,(H,16,19)(H2,15,17,20). The van der Waals surface area contributed by atoms with E-state index >= 15 is 0 Å². The summed E-state index contributed by atoms with van der Waals surface area (Å²) in [5.74, 6) is 1.67. The van der Waals surface area contributed by atoms with Crippen LogP contribution in [0, 0.1) is 0 Å². The van der Waals surface area contributed by atoms with Gasteiger partial charge < -0.3 is 9.88 Å². The van der Waals surface area contributed by atoms with Crippen molar-refractivity contribution in [3.8, 4) is 5.00 Å². The number of urea groups is 1. The maximum absolute atomic E-state index is 12.5. The summed E-state index contributed by atoms with van der Waals surface area (Å²) in [5, 5.41) is 3.30. The Bertz CT molecular complexity index is 694. The second-order valence-corrected chi connectivity index (χ2v) is 6.92. The van der Waals surface area contributed by atoms with Crippen molar-refractivity contribution in [3.05, 3.63) is 40.5 Å². The molecule has 3 rings (SSSR count). The van der Waals surface area contributed by atoms with E-state index in [-0.39, 0.29) is 5.91 Å². The van der Waals surface area contributed by atoms with Gasteiger partial charge in [0.25, 0.3) is 5.91 Å². The number of hydrogen-bond acceptors (Lipinski definition) is 4. The van der Waals surface area contributed by atoms with Crippen LogP contribution in [0.3, 0.4) is 0 Å². The molecule has 3 heterocycles. The normalized spacial score (nSPS) is 13.3. The summed E-state index contributed by atoms with van der Waals surface area (Å²) in [5.41, 5.74) is 6.57. The molecule has 3 N–H and O–H groups in total. The molecule has 0 aliphatic carbocycles. The van der Waals surface area contributed by atoms with Crippen molar-refractivity contribution < 1.29 is 9.59 Å². The summed E-state index contributed by atoms with van der Waals surface area (Å²) in [7, 11) is 1.50. The summed E-state index contributed by atoms with van der Waals surface area (Å²) >= 11 is 3.52. The van der Waals surface area contributed by atoms with Crippen LogP contribution in [-0.2, 0) is 12.2 Å². The Morgan fingerprint density at radius 1 is 1.23 bits per heavy atom. The highest BCUT2D eigenvalue weighted by atomic mass is 32.2. The molecule has 1 aliphatic rings. The highest BCUT2D eigenvalue weighted by molar-refractivity contribution is 7.98. The van der Waals surface area contributed by atoms with Gasteiger partial charge in [0.1, 0.15) is 5.00 Å². The van der Waals surface area contributed by atoms with Crippen LogP contribution >= 0.6 is 23.1 Å². The average Bonchev–Trinajstić information content (AvgIpc) is 3.18. The zero-order valence-electron chi connectivity index (χ0n) is 12.0. The fourth-order valence-electron chi connectivity index (χ4n) is 2.34. The van der Waals surface area contributed by atoms with E-state index in [1.54, 1.807) is 11.3 Å². The Labute approximate surface area is 136 Å². The lowest BCUT2D eigenvalue weighted by Gasteiger charge is -2.13. The Kier molecular flexibility index (Phi) is 4.39. The molecule has 0 fully saturated rings. The average molecular weight is 336 g/mol. The molecule has 0 spiro atoms. The van der Waals surface area contributed by atoms with E-state index in [0.717, 1.165) is 28.5 Å². The number of fused-ring (bicyclic) bond motifs is 1. The number of hydrazine groups is 1. The van der Waals surface area contributed by atoms with Gasteiger partial charge in [-0.1, -0.05) is 0 Å². The first kappa shape index (κ1) is 15.0. The van der Waals surface area contributed by atoms with Gasteiger partial charge in [0, 0.05) is 30.1 Å². The Morgan fingerprint density at radius 2 is 2.00 bits per heavy atom. The predicted molar refractivity (Wildman–Crippen MR) is 88.6 cm³/mol. The lowest BCUT2D eigenvalue weighted by atomic mass is 10.1. The molecule has 116 valence electrons. The SMILES string of the molecule is CNC(=O)NNC(=O)c1c(-n2cccc2)sc2c1CCSC2. The fraction of sp³-hybridized carbons (Fsp3) is 0.286. The van der Waals surface area contributed by atoms with E-state index in [9.17, 15) is 9.59 Å². The molecule has 0 unspecified atom stereocenters. The number of nitrogens with zero attached hydrogens (tertiary/aromatic N) is 1. The first-order valence-corrected chi connectivity index (χ1v) is 8.81. The van der Waals surface area contributed by atoms with E-state index in [1.807, 2.05) is 40.9 Å². The van der Waals surface area contributed by atoms with Gasteiger partial charge in [-0.15, -0.1) is 11.3 Å². The van der Waals surface area contributed by atoms with Gasteiger partial charge in [-0.3, -0.25) is 10.2 Å². The number of carbonyl (C=O) groups excluding carboxylic acids is 2. The molecule has 0 radical (unpaired) electrons. The third kappa shape index (κ3) is 2.84. The van der Waals surface area contributed by atoms with Crippen LogP contribution in [0.15, 0.2) is 24.5 Å². The third-order valence-corrected chi connectivity index (χ3v) is 5.80. The number of thioether (sulfide) groups is 1. The summed E-state index contributed by atoms with van der Waals surface area (Å²) in [6.07, 6.45) is 4.72. The highest BCUT2D eigenvalue weighted by Crippen LogP contribution is 2.38. The van der Waals surface area contributed by atoms with Crippen LogP contribution in [0.4, 0.5) is 4.79 Å². The Balaban J connectivity index is 1.95. The summed E-state index contributed by atoms with van der Waals surface area (Å²) in [6, 6.07) is 3.41. The van der Waals surface area contributed by atoms with E-state index in [2.05, 4.69) is 16.2 Å². The molecule has 0 saturated carbocycles. The second-order valence-electron chi connectivity index (χ2n) is 4.74. The number of thiophene rings is 1. The number of rotatable bonds is 2. The van der Waals surface area contributed by atoms with Crippen molar-refractivity contribution >= 4 is 35.0 Å².